The number of rotatable bonds is 5. The van der Waals surface area contributed by atoms with Crippen molar-refractivity contribution in [3.8, 4) is 0 Å². The Kier molecular flexibility index (Phi) is 4.11. The van der Waals surface area contributed by atoms with E-state index in [0.29, 0.717) is 6.54 Å². The lowest BCUT2D eigenvalue weighted by Crippen LogP contribution is -2.01. The van der Waals surface area contributed by atoms with Crippen LogP contribution in [0.1, 0.15) is 30.0 Å². The lowest BCUT2D eigenvalue weighted by atomic mass is 10.1. The first-order valence-electron chi connectivity index (χ1n) is 7.47. The summed E-state index contributed by atoms with van der Waals surface area (Å²) in [7, 11) is 1.73. The van der Waals surface area contributed by atoms with Gasteiger partial charge in [0, 0.05) is 24.7 Å². The van der Waals surface area contributed by atoms with Gasteiger partial charge in [-0.2, -0.15) is 0 Å². The zero-order chi connectivity index (χ0) is 15.5. The Labute approximate surface area is 130 Å². The number of ether oxygens (including phenoxy) is 1. The first-order chi connectivity index (χ1) is 10.7. The molecular weight excluding hydrogens is 274 g/mol. The van der Waals surface area contributed by atoms with Gasteiger partial charge in [0.2, 0.25) is 0 Å². The number of methoxy groups -OCH3 is 1. The predicted molar refractivity (Wildman–Crippen MR) is 89.1 cm³/mol. The van der Waals surface area contributed by atoms with Crippen LogP contribution in [0, 0.1) is 6.92 Å². The van der Waals surface area contributed by atoms with Crippen LogP contribution in [-0.4, -0.2) is 16.5 Å². The van der Waals surface area contributed by atoms with E-state index in [4.69, 9.17) is 4.74 Å². The van der Waals surface area contributed by atoms with Gasteiger partial charge in [-0.15, -0.1) is 0 Å². The second-order valence-electron chi connectivity index (χ2n) is 5.48. The Bertz CT molecular complexity index is 779. The summed E-state index contributed by atoms with van der Waals surface area (Å²) in [5, 5.41) is 3.43. The van der Waals surface area contributed by atoms with E-state index in [-0.39, 0.29) is 6.10 Å². The number of nitrogens with zero attached hydrogens (tertiary/aromatic N) is 2. The molecule has 3 aromatic rings. The molecule has 0 fully saturated rings. The minimum Gasteiger partial charge on any atom is -0.379 e. The Hall–Kier alpha value is -2.33. The standard InChI is InChI=1S/C18H21N3O/c1-13-6-4-9-18-20-17(12-21(13)18)11-19-16-8-5-7-15(10-16)14(2)22-3/h4-10,12,14,19H,11H2,1-3H3/t14-/m0/s1. The van der Waals surface area contributed by atoms with Gasteiger partial charge < -0.3 is 14.5 Å². The molecule has 0 aliphatic heterocycles. The molecule has 0 radical (unpaired) electrons. The molecule has 2 heterocycles. The highest BCUT2D eigenvalue weighted by molar-refractivity contribution is 5.47. The highest BCUT2D eigenvalue weighted by atomic mass is 16.5. The molecule has 2 aromatic heterocycles. The van der Waals surface area contributed by atoms with E-state index in [9.17, 15) is 0 Å². The van der Waals surface area contributed by atoms with E-state index >= 15 is 0 Å². The van der Waals surface area contributed by atoms with E-state index in [1.165, 1.54) is 11.3 Å². The van der Waals surface area contributed by atoms with Gasteiger partial charge in [-0.3, -0.25) is 0 Å². The van der Waals surface area contributed by atoms with Gasteiger partial charge in [0.25, 0.3) is 0 Å². The van der Waals surface area contributed by atoms with Crippen LogP contribution in [0.5, 0.6) is 0 Å². The molecule has 4 heteroatoms. The number of anilines is 1. The molecule has 114 valence electrons. The van der Waals surface area contributed by atoms with Crippen LogP contribution in [-0.2, 0) is 11.3 Å². The summed E-state index contributed by atoms with van der Waals surface area (Å²) >= 11 is 0. The van der Waals surface area contributed by atoms with Crippen LogP contribution in [0.4, 0.5) is 5.69 Å². The van der Waals surface area contributed by atoms with E-state index in [0.717, 1.165) is 17.0 Å². The van der Waals surface area contributed by atoms with Gasteiger partial charge in [-0.1, -0.05) is 18.2 Å². The molecule has 0 aliphatic rings. The molecule has 22 heavy (non-hydrogen) atoms. The molecule has 0 amide bonds. The van der Waals surface area contributed by atoms with Gasteiger partial charge in [-0.05, 0) is 43.7 Å². The number of hydrogen-bond acceptors (Lipinski definition) is 3. The topological polar surface area (TPSA) is 38.6 Å². The van der Waals surface area contributed by atoms with E-state index in [1.807, 2.05) is 25.1 Å². The molecule has 0 aliphatic carbocycles. The third-order valence-electron chi connectivity index (χ3n) is 3.93. The van der Waals surface area contributed by atoms with Crippen LogP contribution in [0.3, 0.4) is 0 Å². The Morgan fingerprint density at radius 1 is 1.23 bits per heavy atom. The molecule has 0 bridgehead atoms. The normalized spacial score (nSPS) is 12.5. The van der Waals surface area contributed by atoms with Gasteiger partial charge in [0.15, 0.2) is 0 Å². The summed E-state index contributed by atoms with van der Waals surface area (Å²) in [6.07, 6.45) is 2.18. The van der Waals surface area contributed by atoms with Crippen molar-refractivity contribution in [3.63, 3.8) is 0 Å². The minimum atomic E-state index is 0.0968. The predicted octanol–water partition coefficient (Wildman–Crippen LogP) is 3.96. The Morgan fingerprint density at radius 2 is 2.05 bits per heavy atom. The molecule has 3 rings (SSSR count). The number of nitrogens with one attached hydrogen (secondary N) is 1. The fraction of sp³-hybridized carbons (Fsp3) is 0.278. The van der Waals surface area contributed by atoms with E-state index in [2.05, 4.69) is 52.1 Å². The molecule has 0 unspecified atom stereocenters. The van der Waals surface area contributed by atoms with Crippen molar-refractivity contribution in [2.24, 2.45) is 0 Å². The van der Waals surface area contributed by atoms with Crippen LogP contribution >= 0.6 is 0 Å². The molecule has 0 spiro atoms. The first kappa shape index (κ1) is 14.6. The second-order valence-corrected chi connectivity index (χ2v) is 5.48. The smallest absolute Gasteiger partial charge is 0.137 e. The maximum atomic E-state index is 5.36. The average Bonchev–Trinajstić information content (AvgIpc) is 2.97. The zero-order valence-corrected chi connectivity index (χ0v) is 13.2. The van der Waals surface area contributed by atoms with Gasteiger partial charge in [-0.25, -0.2) is 4.98 Å². The van der Waals surface area contributed by atoms with E-state index < -0.39 is 0 Å². The fourth-order valence-corrected chi connectivity index (χ4v) is 2.51. The largest absolute Gasteiger partial charge is 0.379 e. The average molecular weight is 295 g/mol. The SMILES string of the molecule is CO[C@@H](C)c1cccc(NCc2cn3c(C)cccc3n2)c1. The number of fused-ring (bicyclic) bond motifs is 1. The summed E-state index contributed by atoms with van der Waals surface area (Å²) in [5.41, 5.74) is 5.44. The Morgan fingerprint density at radius 3 is 2.82 bits per heavy atom. The van der Waals surface area contributed by atoms with Crippen LogP contribution in [0.25, 0.3) is 5.65 Å². The highest BCUT2D eigenvalue weighted by Gasteiger charge is 2.06. The molecule has 1 N–H and O–H groups in total. The third-order valence-corrected chi connectivity index (χ3v) is 3.93. The second kappa shape index (κ2) is 6.20. The lowest BCUT2D eigenvalue weighted by Gasteiger charge is -2.12. The summed E-state index contributed by atoms with van der Waals surface area (Å²) in [4.78, 5) is 4.64. The van der Waals surface area contributed by atoms with Crippen LogP contribution in [0.2, 0.25) is 0 Å². The van der Waals surface area contributed by atoms with Crippen molar-refractivity contribution in [2.45, 2.75) is 26.5 Å². The number of benzene rings is 1. The monoisotopic (exact) mass is 295 g/mol. The van der Waals surface area contributed by atoms with Crippen molar-refractivity contribution in [1.82, 2.24) is 9.38 Å². The first-order valence-corrected chi connectivity index (χ1v) is 7.47. The summed E-state index contributed by atoms with van der Waals surface area (Å²) in [5.74, 6) is 0. The van der Waals surface area contributed by atoms with Crippen LogP contribution in [0.15, 0.2) is 48.7 Å². The van der Waals surface area contributed by atoms with Gasteiger partial charge in [0.05, 0.1) is 18.3 Å². The maximum Gasteiger partial charge on any atom is 0.137 e. The number of aryl methyl sites for hydroxylation is 1. The summed E-state index contributed by atoms with van der Waals surface area (Å²) in [6.45, 7) is 4.83. The quantitative estimate of drug-likeness (QED) is 0.774. The third kappa shape index (κ3) is 2.97. The molecular formula is C18H21N3O. The number of imidazole rings is 1. The van der Waals surface area contributed by atoms with E-state index in [1.54, 1.807) is 7.11 Å². The zero-order valence-electron chi connectivity index (χ0n) is 13.2. The molecule has 4 nitrogen and oxygen atoms in total. The summed E-state index contributed by atoms with van der Waals surface area (Å²) in [6, 6.07) is 14.4. The van der Waals surface area contributed by atoms with Gasteiger partial charge in [0.1, 0.15) is 5.65 Å². The maximum absolute atomic E-state index is 5.36. The van der Waals surface area contributed by atoms with Crippen molar-refractivity contribution >= 4 is 11.3 Å². The van der Waals surface area contributed by atoms with Crippen molar-refractivity contribution < 1.29 is 4.74 Å². The highest BCUT2D eigenvalue weighted by Crippen LogP contribution is 2.20. The molecule has 0 saturated heterocycles. The number of hydrogen-bond donors (Lipinski definition) is 1. The fourth-order valence-electron chi connectivity index (χ4n) is 2.51. The molecule has 1 aromatic carbocycles. The van der Waals surface area contributed by atoms with Crippen molar-refractivity contribution in [3.05, 3.63) is 65.6 Å². The van der Waals surface area contributed by atoms with Crippen LogP contribution < -0.4 is 5.32 Å². The molecule has 0 saturated carbocycles. The molecule has 1 atom stereocenters. The van der Waals surface area contributed by atoms with Crippen molar-refractivity contribution in [2.75, 3.05) is 12.4 Å². The lowest BCUT2D eigenvalue weighted by molar-refractivity contribution is 0.119. The number of pyridine rings is 1. The van der Waals surface area contributed by atoms with Crippen molar-refractivity contribution in [1.29, 1.82) is 0 Å². The number of aromatic nitrogens is 2. The minimum absolute atomic E-state index is 0.0968. The summed E-state index contributed by atoms with van der Waals surface area (Å²) < 4.78 is 7.48. The van der Waals surface area contributed by atoms with Gasteiger partial charge >= 0.3 is 0 Å². The Balaban J connectivity index is 1.75.